The fourth-order valence-corrected chi connectivity index (χ4v) is 2.83. The molecule has 0 aliphatic heterocycles. The molecule has 5 heteroatoms. The molecule has 0 atom stereocenters. The molecule has 0 saturated heterocycles. The maximum atomic E-state index is 6.08. The quantitative estimate of drug-likeness (QED) is 0.852. The van der Waals surface area contributed by atoms with Gasteiger partial charge in [-0.15, -0.1) is 11.3 Å². The van der Waals surface area contributed by atoms with Crippen LogP contribution in [0.5, 0.6) is 0 Å². The molecule has 2 rings (SSSR count). The first-order valence-corrected chi connectivity index (χ1v) is 7.43. The molecule has 0 fully saturated rings. The Morgan fingerprint density at radius 3 is 2.68 bits per heavy atom. The average Bonchev–Trinajstić information content (AvgIpc) is 2.77. The highest BCUT2D eigenvalue weighted by atomic mass is 35.5. The molecule has 2 aromatic heterocycles. The topological polar surface area (TPSA) is 37.8 Å². The van der Waals surface area contributed by atoms with Crippen LogP contribution in [0.3, 0.4) is 0 Å². The summed E-state index contributed by atoms with van der Waals surface area (Å²) in [6, 6.07) is 1.94. The van der Waals surface area contributed by atoms with Crippen molar-refractivity contribution in [3.63, 3.8) is 0 Å². The summed E-state index contributed by atoms with van der Waals surface area (Å²) in [5.41, 5.74) is 3.11. The van der Waals surface area contributed by atoms with E-state index in [1.54, 1.807) is 17.5 Å². The fraction of sp³-hybridized carbons (Fsp3) is 0.429. The van der Waals surface area contributed by atoms with Crippen molar-refractivity contribution in [2.24, 2.45) is 0 Å². The summed E-state index contributed by atoms with van der Waals surface area (Å²) >= 11 is 7.78. The molecule has 0 unspecified atom stereocenters. The van der Waals surface area contributed by atoms with E-state index in [4.69, 9.17) is 11.6 Å². The monoisotopic (exact) mass is 295 g/mol. The summed E-state index contributed by atoms with van der Waals surface area (Å²) in [4.78, 5) is 8.73. The number of aryl methyl sites for hydroxylation is 1. The Hall–Kier alpha value is -1.13. The maximum Gasteiger partial charge on any atom is 0.152 e. The van der Waals surface area contributed by atoms with Crippen LogP contribution in [-0.2, 0) is 12.0 Å². The Bertz CT molecular complexity index is 552. The van der Waals surface area contributed by atoms with Gasteiger partial charge in [-0.05, 0) is 18.6 Å². The van der Waals surface area contributed by atoms with Crippen LogP contribution in [-0.4, -0.2) is 9.97 Å². The molecular formula is C14H18ClN3S. The number of halogens is 1. The summed E-state index contributed by atoms with van der Waals surface area (Å²) in [7, 11) is 0. The van der Waals surface area contributed by atoms with Crippen LogP contribution in [0.2, 0.25) is 5.15 Å². The fourth-order valence-electron chi connectivity index (χ4n) is 1.65. The molecule has 0 aliphatic rings. The Labute approximate surface area is 123 Å². The van der Waals surface area contributed by atoms with Gasteiger partial charge in [0.25, 0.3) is 0 Å². The van der Waals surface area contributed by atoms with Gasteiger partial charge in [-0.3, -0.25) is 0 Å². The second-order valence-corrected chi connectivity index (χ2v) is 6.76. The zero-order chi connectivity index (χ0) is 14.0. The van der Waals surface area contributed by atoms with E-state index in [2.05, 4.69) is 41.4 Å². The number of pyridine rings is 1. The van der Waals surface area contributed by atoms with E-state index in [-0.39, 0.29) is 5.41 Å². The highest BCUT2D eigenvalue weighted by Crippen LogP contribution is 2.27. The molecule has 102 valence electrons. The van der Waals surface area contributed by atoms with Crippen molar-refractivity contribution in [3.8, 4) is 0 Å². The van der Waals surface area contributed by atoms with Gasteiger partial charge in [-0.1, -0.05) is 32.4 Å². The van der Waals surface area contributed by atoms with Crippen LogP contribution in [0.1, 0.15) is 37.0 Å². The molecule has 2 aromatic rings. The summed E-state index contributed by atoms with van der Waals surface area (Å²) in [6.45, 7) is 9.19. The third-order valence-corrected chi connectivity index (χ3v) is 4.36. The van der Waals surface area contributed by atoms with Crippen molar-refractivity contribution in [2.75, 3.05) is 5.32 Å². The van der Waals surface area contributed by atoms with Crippen LogP contribution in [0.4, 0.5) is 5.69 Å². The third-order valence-electron chi connectivity index (χ3n) is 2.75. The van der Waals surface area contributed by atoms with Gasteiger partial charge < -0.3 is 5.32 Å². The Morgan fingerprint density at radius 1 is 1.37 bits per heavy atom. The number of nitrogens with zero attached hydrogens (tertiary/aromatic N) is 2. The number of anilines is 1. The smallest absolute Gasteiger partial charge is 0.152 e. The van der Waals surface area contributed by atoms with Crippen molar-refractivity contribution in [1.29, 1.82) is 0 Å². The summed E-state index contributed by atoms with van der Waals surface area (Å²) < 4.78 is 0. The lowest BCUT2D eigenvalue weighted by Gasteiger charge is -2.13. The highest BCUT2D eigenvalue weighted by Gasteiger charge is 2.18. The molecule has 0 saturated carbocycles. The summed E-state index contributed by atoms with van der Waals surface area (Å²) in [5.74, 6) is 0. The first-order valence-electron chi connectivity index (χ1n) is 6.18. The van der Waals surface area contributed by atoms with E-state index < -0.39 is 0 Å². The van der Waals surface area contributed by atoms with Crippen LogP contribution in [0.15, 0.2) is 17.6 Å². The van der Waals surface area contributed by atoms with Gasteiger partial charge in [0.2, 0.25) is 0 Å². The molecule has 0 spiro atoms. The minimum absolute atomic E-state index is 0.102. The van der Waals surface area contributed by atoms with Crippen LogP contribution in [0, 0.1) is 6.92 Å². The van der Waals surface area contributed by atoms with Crippen molar-refractivity contribution in [1.82, 2.24) is 9.97 Å². The van der Waals surface area contributed by atoms with Gasteiger partial charge in [-0.2, -0.15) is 0 Å². The van der Waals surface area contributed by atoms with Crippen LogP contribution >= 0.6 is 22.9 Å². The molecular weight excluding hydrogens is 278 g/mol. The molecule has 0 aliphatic carbocycles. The summed E-state index contributed by atoms with van der Waals surface area (Å²) in [5, 5.41) is 7.06. The van der Waals surface area contributed by atoms with Gasteiger partial charge in [0.15, 0.2) is 5.15 Å². The molecule has 2 heterocycles. The average molecular weight is 296 g/mol. The molecule has 3 nitrogen and oxygen atoms in total. The molecule has 19 heavy (non-hydrogen) atoms. The SMILES string of the molecule is Cc1ccnc(Cl)c1NCc1csc(C(C)(C)C)n1. The number of nitrogens with one attached hydrogen (secondary N) is 1. The maximum absolute atomic E-state index is 6.08. The van der Waals surface area contributed by atoms with Gasteiger partial charge in [-0.25, -0.2) is 9.97 Å². The second kappa shape index (κ2) is 5.47. The number of aromatic nitrogens is 2. The van der Waals surface area contributed by atoms with Gasteiger partial charge in [0.05, 0.1) is 22.9 Å². The first kappa shape index (κ1) is 14.3. The highest BCUT2D eigenvalue weighted by molar-refractivity contribution is 7.09. The van der Waals surface area contributed by atoms with Crippen molar-refractivity contribution < 1.29 is 0 Å². The number of hydrogen-bond donors (Lipinski definition) is 1. The molecule has 0 radical (unpaired) electrons. The van der Waals surface area contributed by atoms with Crippen molar-refractivity contribution in [3.05, 3.63) is 39.1 Å². The zero-order valence-corrected chi connectivity index (χ0v) is 13.2. The van der Waals surface area contributed by atoms with Gasteiger partial charge in [0.1, 0.15) is 0 Å². The van der Waals surface area contributed by atoms with E-state index in [0.717, 1.165) is 22.0 Å². The summed E-state index contributed by atoms with van der Waals surface area (Å²) in [6.07, 6.45) is 1.71. The lowest BCUT2D eigenvalue weighted by Crippen LogP contribution is -2.11. The molecule has 0 bridgehead atoms. The lowest BCUT2D eigenvalue weighted by molar-refractivity contribution is 0.583. The normalized spacial score (nSPS) is 11.6. The van der Waals surface area contributed by atoms with Crippen LogP contribution < -0.4 is 5.32 Å². The van der Waals surface area contributed by atoms with Gasteiger partial charge >= 0.3 is 0 Å². The third kappa shape index (κ3) is 3.45. The standard InChI is InChI=1S/C14H18ClN3S/c1-9-5-6-16-12(15)11(9)17-7-10-8-19-13(18-10)14(2,3)4/h5-6,8,17H,7H2,1-4H3. The Balaban J connectivity index is 2.09. The predicted octanol–water partition coefficient (Wildman–Crippen LogP) is 4.41. The zero-order valence-electron chi connectivity index (χ0n) is 11.6. The number of hydrogen-bond acceptors (Lipinski definition) is 4. The Kier molecular flexibility index (Phi) is 4.11. The van der Waals surface area contributed by atoms with E-state index in [9.17, 15) is 0 Å². The Morgan fingerprint density at radius 2 is 2.11 bits per heavy atom. The number of rotatable bonds is 3. The minimum atomic E-state index is 0.102. The second-order valence-electron chi connectivity index (χ2n) is 5.54. The molecule has 0 amide bonds. The van der Waals surface area contributed by atoms with Crippen molar-refractivity contribution >= 4 is 28.6 Å². The van der Waals surface area contributed by atoms with Crippen molar-refractivity contribution in [2.45, 2.75) is 39.7 Å². The van der Waals surface area contributed by atoms with E-state index in [1.165, 1.54) is 0 Å². The lowest BCUT2D eigenvalue weighted by atomic mass is 9.98. The first-order chi connectivity index (χ1) is 8.88. The van der Waals surface area contributed by atoms with E-state index >= 15 is 0 Å². The van der Waals surface area contributed by atoms with E-state index in [0.29, 0.717) is 11.7 Å². The number of thiazole rings is 1. The molecule has 1 N–H and O–H groups in total. The largest absolute Gasteiger partial charge is 0.377 e. The van der Waals surface area contributed by atoms with Crippen LogP contribution in [0.25, 0.3) is 0 Å². The van der Waals surface area contributed by atoms with E-state index in [1.807, 2.05) is 13.0 Å². The molecule has 0 aromatic carbocycles. The van der Waals surface area contributed by atoms with Gasteiger partial charge in [0, 0.05) is 17.0 Å². The minimum Gasteiger partial charge on any atom is -0.377 e. The predicted molar refractivity (Wildman–Crippen MR) is 82.1 cm³/mol.